The number of amides is 1. The second-order valence-electron chi connectivity index (χ2n) is 4.03. The van der Waals surface area contributed by atoms with E-state index in [1.165, 1.54) is 6.07 Å². The van der Waals surface area contributed by atoms with E-state index < -0.39 is 0 Å². The van der Waals surface area contributed by atoms with Gasteiger partial charge in [-0.05, 0) is 31.0 Å². The van der Waals surface area contributed by atoms with Crippen LogP contribution < -0.4 is 5.73 Å². The van der Waals surface area contributed by atoms with Crippen molar-refractivity contribution in [2.24, 2.45) is 5.73 Å². The summed E-state index contributed by atoms with van der Waals surface area (Å²) in [4.78, 5) is 14.9. The van der Waals surface area contributed by atoms with Crippen molar-refractivity contribution < 1.29 is 9.18 Å². The Hall–Kier alpha value is -1.97. The van der Waals surface area contributed by atoms with Gasteiger partial charge in [0, 0.05) is 17.5 Å². The second-order valence-corrected chi connectivity index (χ2v) is 4.03. The predicted octanol–water partition coefficient (Wildman–Crippen LogP) is 2.10. The van der Waals surface area contributed by atoms with Gasteiger partial charge in [0.1, 0.15) is 11.3 Å². The van der Waals surface area contributed by atoms with Crippen molar-refractivity contribution in [3.8, 4) is 0 Å². The zero-order valence-electron chi connectivity index (χ0n) is 9.53. The molecular weight excluding hydrogens is 219 g/mol. The van der Waals surface area contributed by atoms with Crippen LogP contribution in [-0.2, 0) is 11.2 Å². The molecule has 0 aliphatic rings. The molecule has 0 saturated heterocycles. The van der Waals surface area contributed by atoms with E-state index in [2.05, 4.69) is 4.98 Å². The summed E-state index contributed by atoms with van der Waals surface area (Å²) in [6.45, 7) is 1.90. The van der Waals surface area contributed by atoms with Crippen molar-refractivity contribution in [3.63, 3.8) is 0 Å². The zero-order chi connectivity index (χ0) is 12.4. The number of primary amides is 1. The van der Waals surface area contributed by atoms with Crippen molar-refractivity contribution in [2.75, 3.05) is 0 Å². The molecule has 1 aromatic carbocycles. The first-order chi connectivity index (χ1) is 8.08. The number of hydrogen-bond donors (Lipinski definition) is 1. The fourth-order valence-electron chi connectivity index (χ4n) is 1.83. The van der Waals surface area contributed by atoms with E-state index in [9.17, 15) is 9.18 Å². The van der Waals surface area contributed by atoms with Crippen LogP contribution in [0.4, 0.5) is 4.39 Å². The smallest absolute Gasteiger partial charge is 0.217 e. The molecular formula is C13H13FN2O. The number of halogens is 1. The van der Waals surface area contributed by atoms with Crippen molar-refractivity contribution >= 4 is 16.8 Å². The summed E-state index contributed by atoms with van der Waals surface area (Å²) in [5, 5.41) is 0.799. The Morgan fingerprint density at radius 2 is 2.24 bits per heavy atom. The average molecular weight is 232 g/mol. The molecule has 17 heavy (non-hydrogen) atoms. The van der Waals surface area contributed by atoms with E-state index in [1.54, 1.807) is 6.07 Å². The molecule has 0 aliphatic heterocycles. The Morgan fingerprint density at radius 3 is 2.94 bits per heavy atom. The monoisotopic (exact) mass is 232 g/mol. The number of benzene rings is 1. The summed E-state index contributed by atoms with van der Waals surface area (Å²) in [6, 6.07) is 6.74. The van der Waals surface area contributed by atoms with Crippen LogP contribution in [0.2, 0.25) is 0 Å². The minimum Gasteiger partial charge on any atom is -0.370 e. The summed E-state index contributed by atoms with van der Waals surface area (Å²) in [5.41, 5.74) is 7.08. The van der Waals surface area contributed by atoms with Gasteiger partial charge in [-0.15, -0.1) is 0 Å². The Bertz CT molecular complexity index is 581. The van der Waals surface area contributed by atoms with E-state index in [4.69, 9.17) is 5.73 Å². The quantitative estimate of drug-likeness (QED) is 0.881. The lowest BCUT2D eigenvalue weighted by atomic mass is 10.1. The summed E-state index contributed by atoms with van der Waals surface area (Å²) in [7, 11) is 0. The number of para-hydroxylation sites is 1. The van der Waals surface area contributed by atoms with Gasteiger partial charge in [-0.3, -0.25) is 4.79 Å². The van der Waals surface area contributed by atoms with Crippen molar-refractivity contribution in [3.05, 3.63) is 41.3 Å². The molecule has 0 aliphatic carbocycles. The van der Waals surface area contributed by atoms with Crippen molar-refractivity contribution in [1.82, 2.24) is 4.98 Å². The number of carbonyl (C=O) groups is 1. The van der Waals surface area contributed by atoms with Crippen LogP contribution in [0.25, 0.3) is 10.9 Å². The number of aryl methyl sites for hydroxylation is 2. The summed E-state index contributed by atoms with van der Waals surface area (Å²) >= 11 is 0. The standard InChI is InChI=1S/C13H13FN2O/c1-8-7-9(5-6-12(15)17)16-13-10(8)3-2-4-11(13)14/h2-4,7H,5-6H2,1H3,(H2,15,17). The molecule has 2 N–H and O–H groups in total. The van der Waals surface area contributed by atoms with Crippen LogP contribution in [0, 0.1) is 12.7 Å². The van der Waals surface area contributed by atoms with Gasteiger partial charge in [-0.1, -0.05) is 12.1 Å². The second kappa shape index (κ2) is 4.49. The van der Waals surface area contributed by atoms with Gasteiger partial charge < -0.3 is 5.73 Å². The maximum atomic E-state index is 13.6. The van der Waals surface area contributed by atoms with Gasteiger partial charge in [-0.25, -0.2) is 9.37 Å². The largest absolute Gasteiger partial charge is 0.370 e. The normalized spacial score (nSPS) is 10.7. The fourth-order valence-corrected chi connectivity index (χ4v) is 1.83. The van der Waals surface area contributed by atoms with Crippen molar-refractivity contribution in [1.29, 1.82) is 0 Å². The molecule has 0 saturated carbocycles. The molecule has 1 aromatic heterocycles. The molecule has 1 amide bonds. The molecule has 3 nitrogen and oxygen atoms in total. The highest BCUT2D eigenvalue weighted by atomic mass is 19.1. The highest BCUT2D eigenvalue weighted by Crippen LogP contribution is 2.20. The minimum absolute atomic E-state index is 0.229. The first kappa shape index (κ1) is 11.5. The van der Waals surface area contributed by atoms with Gasteiger partial charge in [0.25, 0.3) is 0 Å². The highest BCUT2D eigenvalue weighted by molar-refractivity contribution is 5.82. The number of aromatic nitrogens is 1. The average Bonchev–Trinajstić information content (AvgIpc) is 2.28. The molecule has 88 valence electrons. The minimum atomic E-state index is -0.377. The molecule has 0 bridgehead atoms. The number of carbonyl (C=O) groups excluding carboxylic acids is 1. The molecule has 0 spiro atoms. The summed E-state index contributed by atoms with van der Waals surface area (Å²) < 4.78 is 13.6. The molecule has 0 atom stereocenters. The Labute approximate surface area is 98.5 Å². The van der Waals surface area contributed by atoms with E-state index in [1.807, 2.05) is 19.1 Å². The van der Waals surface area contributed by atoms with Crippen LogP contribution in [0.1, 0.15) is 17.7 Å². The van der Waals surface area contributed by atoms with Gasteiger partial charge in [0.2, 0.25) is 5.91 Å². The Balaban J connectivity index is 2.46. The van der Waals surface area contributed by atoms with Gasteiger partial charge in [-0.2, -0.15) is 0 Å². The SMILES string of the molecule is Cc1cc(CCC(N)=O)nc2c(F)cccc12. The molecule has 2 aromatic rings. The molecule has 1 heterocycles. The van der Waals surface area contributed by atoms with Crippen LogP contribution >= 0.6 is 0 Å². The van der Waals surface area contributed by atoms with Gasteiger partial charge in [0.05, 0.1) is 0 Å². The van der Waals surface area contributed by atoms with Crippen LogP contribution in [0.15, 0.2) is 24.3 Å². The molecule has 0 unspecified atom stereocenters. The number of nitrogens with two attached hydrogens (primary N) is 1. The third-order valence-electron chi connectivity index (χ3n) is 2.68. The molecule has 2 rings (SSSR count). The molecule has 0 fully saturated rings. The summed E-state index contributed by atoms with van der Waals surface area (Å²) in [6.07, 6.45) is 0.673. The van der Waals surface area contributed by atoms with Gasteiger partial charge >= 0.3 is 0 Å². The maximum Gasteiger partial charge on any atom is 0.217 e. The Kier molecular flexibility index (Phi) is 3.04. The van der Waals surface area contributed by atoms with Crippen LogP contribution in [0.3, 0.4) is 0 Å². The third-order valence-corrected chi connectivity index (χ3v) is 2.68. The number of hydrogen-bond acceptors (Lipinski definition) is 2. The van der Waals surface area contributed by atoms with E-state index in [0.29, 0.717) is 17.6 Å². The van der Waals surface area contributed by atoms with Crippen LogP contribution in [-0.4, -0.2) is 10.9 Å². The third kappa shape index (κ3) is 2.41. The van der Waals surface area contributed by atoms with Crippen LogP contribution in [0.5, 0.6) is 0 Å². The first-order valence-electron chi connectivity index (χ1n) is 5.41. The first-order valence-corrected chi connectivity index (χ1v) is 5.41. The fraction of sp³-hybridized carbons (Fsp3) is 0.231. The van der Waals surface area contributed by atoms with E-state index in [-0.39, 0.29) is 18.1 Å². The summed E-state index contributed by atoms with van der Waals surface area (Å²) in [5.74, 6) is -0.718. The van der Waals surface area contributed by atoms with E-state index >= 15 is 0 Å². The highest BCUT2D eigenvalue weighted by Gasteiger charge is 2.07. The number of nitrogens with zero attached hydrogens (tertiary/aromatic N) is 1. The lowest BCUT2D eigenvalue weighted by molar-refractivity contribution is -0.118. The molecule has 0 radical (unpaired) electrons. The van der Waals surface area contributed by atoms with Gasteiger partial charge in [0.15, 0.2) is 0 Å². The predicted molar refractivity (Wildman–Crippen MR) is 64.0 cm³/mol. The Morgan fingerprint density at radius 1 is 1.47 bits per heavy atom. The van der Waals surface area contributed by atoms with E-state index in [0.717, 1.165) is 10.9 Å². The number of fused-ring (bicyclic) bond motifs is 1. The van der Waals surface area contributed by atoms with Crippen molar-refractivity contribution in [2.45, 2.75) is 19.8 Å². The molecule has 4 heteroatoms. The number of rotatable bonds is 3. The number of pyridine rings is 1. The lowest BCUT2D eigenvalue weighted by Crippen LogP contribution is -2.11. The zero-order valence-corrected chi connectivity index (χ0v) is 9.53. The lowest BCUT2D eigenvalue weighted by Gasteiger charge is -2.06. The maximum absolute atomic E-state index is 13.6. The topological polar surface area (TPSA) is 56.0 Å².